The molecule has 3 amide bonds. The van der Waals surface area contributed by atoms with E-state index in [1.165, 1.54) is 9.21 Å². The van der Waals surface area contributed by atoms with Gasteiger partial charge in [0.05, 0.1) is 4.90 Å². The first-order valence-electron chi connectivity index (χ1n) is 8.09. The highest BCUT2D eigenvalue weighted by atomic mass is 79.9. The molecule has 0 aliphatic carbocycles. The molecule has 25 heavy (non-hydrogen) atoms. The van der Waals surface area contributed by atoms with Crippen LogP contribution in [0, 0.1) is 0 Å². The molecule has 3 rings (SSSR count). The fourth-order valence-corrected chi connectivity index (χ4v) is 5.02. The van der Waals surface area contributed by atoms with Crippen LogP contribution >= 0.6 is 15.9 Å². The van der Waals surface area contributed by atoms with Crippen molar-refractivity contribution in [2.75, 3.05) is 13.1 Å². The van der Waals surface area contributed by atoms with Crippen LogP contribution in [-0.4, -0.2) is 54.2 Å². The Labute approximate surface area is 155 Å². The summed E-state index contributed by atoms with van der Waals surface area (Å²) in [6.45, 7) is 3.94. The summed E-state index contributed by atoms with van der Waals surface area (Å²) in [6, 6.07) is 5.83. The number of nitrogens with zero attached hydrogens (tertiary/aromatic N) is 2. The number of piperidine rings is 1. The van der Waals surface area contributed by atoms with E-state index in [1.54, 1.807) is 38.1 Å². The maximum Gasteiger partial charge on any atom is 0.325 e. The standard InChI is InChI=1S/C16H20BrN3O4S/c1-11(2)20-14(21)16(18-15(20)22)7-9-19(10-8-16)25(23,24)13-5-3-12(17)4-6-13/h3-6,11H,7-10H2,1-2H3,(H,18,22). The lowest BCUT2D eigenvalue weighted by molar-refractivity contribution is -0.133. The highest BCUT2D eigenvalue weighted by Crippen LogP contribution is 2.32. The van der Waals surface area contributed by atoms with E-state index >= 15 is 0 Å². The second kappa shape index (κ2) is 6.37. The number of hydrogen-bond donors (Lipinski definition) is 1. The molecule has 1 aromatic carbocycles. The first-order chi connectivity index (χ1) is 11.7. The average Bonchev–Trinajstić information content (AvgIpc) is 2.78. The zero-order valence-electron chi connectivity index (χ0n) is 14.0. The molecule has 0 bridgehead atoms. The summed E-state index contributed by atoms with van der Waals surface area (Å²) < 4.78 is 27.7. The minimum Gasteiger partial charge on any atom is -0.323 e. The van der Waals surface area contributed by atoms with Gasteiger partial charge < -0.3 is 5.32 Å². The summed E-state index contributed by atoms with van der Waals surface area (Å²) in [5.74, 6) is -0.256. The molecule has 1 aromatic rings. The topological polar surface area (TPSA) is 86.8 Å². The monoisotopic (exact) mass is 429 g/mol. The first kappa shape index (κ1) is 18.3. The van der Waals surface area contributed by atoms with Crippen LogP contribution in [0.25, 0.3) is 0 Å². The third-order valence-electron chi connectivity index (χ3n) is 4.74. The Hall–Kier alpha value is -1.45. The van der Waals surface area contributed by atoms with Crippen molar-refractivity contribution in [3.8, 4) is 0 Å². The molecule has 1 N–H and O–H groups in total. The van der Waals surface area contributed by atoms with E-state index in [0.29, 0.717) is 0 Å². The van der Waals surface area contributed by atoms with E-state index in [9.17, 15) is 18.0 Å². The molecule has 2 fully saturated rings. The second-order valence-electron chi connectivity index (χ2n) is 6.64. The predicted octanol–water partition coefficient (Wildman–Crippen LogP) is 1.93. The highest BCUT2D eigenvalue weighted by molar-refractivity contribution is 9.10. The van der Waals surface area contributed by atoms with E-state index in [0.717, 1.165) is 4.47 Å². The molecule has 2 aliphatic rings. The van der Waals surface area contributed by atoms with Gasteiger partial charge in [-0.1, -0.05) is 15.9 Å². The number of halogens is 1. The quantitative estimate of drug-likeness (QED) is 0.743. The van der Waals surface area contributed by atoms with Crippen molar-refractivity contribution in [3.63, 3.8) is 0 Å². The Morgan fingerprint density at radius 3 is 2.16 bits per heavy atom. The van der Waals surface area contributed by atoms with Crippen molar-refractivity contribution in [1.29, 1.82) is 0 Å². The summed E-state index contributed by atoms with van der Waals surface area (Å²) in [7, 11) is -3.61. The number of urea groups is 1. The number of nitrogens with one attached hydrogen (secondary N) is 1. The predicted molar refractivity (Wildman–Crippen MR) is 95.4 cm³/mol. The molecule has 2 heterocycles. The first-order valence-corrected chi connectivity index (χ1v) is 10.3. The number of carbonyl (C=O) groups excluding carboxylic acids is 2. The van der Waals surface area contributed by atoms with Crippen molar-refractivity contribution in [3.05, 3.63) is 28.7 Å². The van der Waals surface area contributed by atoms with Crippen LogP contribution in [0.1, 0.15) is 26.7 Å². The van der Waals surface area contributed by atoms with E-state index in [4.69, 9.17) is 0 Å². The Kier molecular flexibility index (Phi) is 4.67. The van der Waals surface area contributed by atoms with E-state index in [1.807, 2.05) is 0 Å². The SMILES string of the molecule is CC(C)N1C(=O)NC2(CCN(S(=O)(=O)c3ccc(Br)cc3)CC2)C1=O. The van der Waals surface area contributed by atoms with Gasteiger partial charge in [-0.3, -0.25) is 9.69 Å². The summed E-state index contributed by atoms with van der Waals surface area (Å²) in [5.41, 5.74) is -0.979. The number of carbonyl (C=O) groups is 2. The molecule has 0 unspecified atom stereocenters. The second-order valence-corrected chi connectivity index (χ2v) is 9.49. The number of rotatable bonds is 3. The van der Waals surface area contributed by atoms with Crippen LogP contribution in [0.4, 0.5) is 4.79 Å². The molecule has 0 aromatic heterocycles. The lowest BCUT2D eigenvalue weighted by Gasteiger charge is -2.36. The van der Waals surface area contributed by atoms with Gasteiger partial charge in [-0.15, -0.1) is 0 Å². The van der Waals surface area contributed by atoms with Crippen molar-refractivity contribution >= 4 is 37.9 Å². The van der Waals surface area contributed by atoms with Gasteiger partial charge in [-0.2, -0.15) is 4.31 Å². The number of benzene rings is 1. The van der Waals surface area contributed by atoms with Crippen molar-refractivity contribution < 1.29 is 18.0 Å². The van der Waals surface area contributed by atoms with E-state index < -0.39 is 21.6 Å². The van der Waals surface area contributed by atoms with Crippen LogP contribution in [0.5, 0.6) is 0 Å². The minimum absolute atomic E-state index is 0.191. The fraction of sp³-hybridized carbons (Fsp3) is 0.500. The maximum atomic E-state index is 12.7. The lowest BCUT2D eigenvalue weighted by atomic mass is 9.88. The number of sulfonamides is 1. The number of hydrogen-bond acceptors (Lipinski definition) is 4. The van der Waals surface area contributed by atoms with Gasteiger partial charge in [0.1, 0.15) is 5.54 Å². The van der Waals surface area contributed by atoms with Gasteiger partial charge in [0.2, 0.25) is 10.0 Å². The minimum atomic E-state index is -3.61. The average molecular weight is 430 g/mol. The highest BCUT2D eigenvalue weighted by Gasteiger charge is 2.53. The number of amides is 3. The molecule has 1 spiro atoms. The van der Waals surface area contributed by atoms with Gasteiger partial charge in [-0.05, 0) is 51.0 Å². The van der Waals surface area contributed by atoms with Crippen LogP contribution in [0.15, 0.2) is 33.6 Å². The third kappa shape index (κ3) is 3.09. The summed E-state index contributed by atoms with van der Waals surface area (Å²) in [5, 5.41) is 2.78. The van der Waals surface area contributed by atoms with Gasteiger partial charge >= 0.3 is 6.03 Å². The molecule has 0 radical (unpaired) electrons. The largest absolute Gasteiger partial charge is 0.325 e. The molecule has 136 valence electrons. The van der Waals surface area contributed by atoms with Crippen molar-refractivity contribution in [2.45, 2.75) is 43.2 Å². The molecular weight excluding hydrogens is 410 g/mol. The van der Waals surface area contributed by atoms with E-state index in [-0.39, 0.29) is 42.8 Å². The normalized spacial score (nSPS) is 21.2. The molecule has 7 nitrogen and oxygen atoms in total. The Morgan fingerprint density at radius 2 is 1.68 bits per heavy atom. The molecule has 2 saturated heterocycles. The van der Waals surface area contributed by atoms with Crippen molar-refractivity contribution in [2.24, 2.45) is 0 Å². The van der Waals surface area contributed by atoms with Gasteiger partial charge in [-0.25, -0.2) is 13.2 Å². The Balaban J connectivity index is 1.77. The molecule has 0 atom stereocenters. The third-order valence-corrected chi connectivity index (χ3v) is 7.18. The van der Waals surface area contributed by atoms with Crippen LogP contribution in [0.3, 0.4) is 0 Å². The summed E-state index contributed by atoms with van der Waals surface area (Å²) in [6.07, 6.45) is 0.549. The maximum absolute atomic E-state index is 12.7. The fourth-order valence-electron chi connectivity index (χ4n) is 3.31. The Bertz CT molecular complexity index is 799. The van der Waals surface area contributed by atoms with Crippen LogP contribution in [-0.2, 0) is 14.8 Å². The molecule has 9 heteroatoms. The zero-order valence-corrected chi connectivity index (χ0v) is 16.4. The molecule has 0 saturated carbocycles. The smallest absolute Gasteiger partial charge is 0.323 e. The van der Waals surface area contributed by atoms with Gasteiger partial charge in [0, 0.05) is 23.6 Å². The van der Waals surface area contributed by atoms with Crippen LogP contribution in [0.2, 0.25) is 0 Å². The van der Waals surface area contributed by atoms with Crippen LogP contribution < -0.4 is 5.32 Å². The zero-order chi connectivity index (χ0) is 18.4. The van der Waals surface area contributed by atoms with Crippen molar-refractivity contribution in [1.82, 2.24) is 14.5 Å². The Morgan fingerprint density at radius 1 is 1.12 bits per heavy atom. The molecule has 2 aliphatic heterocycles. The summed E-state index contributed by atoms with van der Waals surface area (Å²) >= 11 is 3.29. The molecular formula is C16H20BrN3O4S. The van der Waals surface area contributed by atoms with E-state index in [2.05, 4.69) is 21.2 Å². The number of imide groups is 1. The lowest BCUT2D eigenvalue weighted by Crippen LogP contribution is -2.56. The van der Waals surface area contributed by atoms with Gasteiger partial charge in [0.25, 0.3) is 5.91 Å². The summed E-state index contributed by atoms with van der Waals surface area (Å²) in [4.78, 5) is 26.2. The van der Waals surface area contributed by atoms with Gasteiger partial charge in [0.15, 0.2) is 0 Å².